The van der Waals surface area contributed by atoms with Gasteiger partial charge in [0, 0.05) is 22.6 Å². The van der Waals surface area contributed by atoms with E-state index in [1.54, 1.807) is 7.11 Å². The summed E-state index contributed by atoms with van der Waals surface area (Å²) in [5, 5.41) is 4.57. The van der Waals surface area contributed by atoms with Crippen molar-refractivity contribution in [1.29, 1.82) is 0 Å². The number of nitrogens with one attached hydrogen (secondary N) is 1. The molecule has 0 radical (unpaired) electrons. The average Bonchev–Trinajstić information content (AvgIpc) is 2.76. The molecule has 1 aliphatic rings. The molecule has 1 N–H and O–H groups in total. The molecule has 2 aromatic rings. The van der Waals surface area contributed by atoms with Crippen molar-refractivity contribution < 1.29 is 9.15 Å². The Bertz CT molecular complexity index is 530. The molecule has 1 unspecified atom stereocenters. The second-order valence-electron chi connectivity index (χ2n) is 4.19. The molecule has 1 atom stereocenters. The summed E-state index contributed by atoms with van der Waals surface area (Å²) in [7, 11) is 3.72. The molecule has 0 bridgehead atoms. The van der Waals surface area contributed by atoms with Crippen molar-refractivity contribution in [2.45, 2.75) is 18.9 Å². The molecular weight excluding hydrogens is 202 g/mol. The lowest BCUT2D eigenvalue weighted by Crippen LogP contribution is -2.19. The van der Waals surface area contributed by atoms with Gasteiger partial charge in [0.25, 0.3) is 0 Å². The number of aryl methyl sites for hydroxylation is 1. The van der Waals surface area contributed by atoms with E-state index in [-0.39, 0.29) is 0 Å². The summed E-state index contributed by atoms with van der Waals surface area (Å²) in [5.74, 6) is 0.977. The number of furan rings is 1. The van der Waals surface area contributed by atoms with Gasteiger partial charge in [0.2, 0.25) is 0 Å². The zero-order chi connectivity index (χ0) is 11.1. The highest BCUT2D eigenvalue weighted by Crippen LogP contribution is 2.40. The van der Waals surface area contributed by atoms with Crippen LogP contribution in [0.5, 0.6) is 5.75 Å². The van der Waals surface area contributed by atoms with Gasteiger partial charge < -0.3 is 14.5 Å². The van der Waals surface area contributed by atoms with E-state index >= 15 is 0 Å². The molecule has 1 aromatic carbocycles. The van der Waals surface area contributed by atoms with Crippen molar-refractivity contribution in [1.82, 2.24) is 5.32 Å². The molecule has 3 heteroatoms. The number of hydrogen-bond acceptors (Lipinski definition) is 3. The van der Waals surface area contributed by atoms with E-state index < -0.39 is 0 Å². The first-order chi connectivity index (χ1) is 7.85. The molecule has 84 valence electrons. The van der Waals surface area contributed by atoms with E-state index in [2.05, 4.69) is 5.32 Å². The largest absolute Gasteiger partial charge is 0.496 e. The van der Waals surface area contributed by atoms with Gasteiger partial charge in [0.05, 0.1) is 13.4 Å². The van der Waals surface area contributed by atoms with E-state index in [9.17, 15) is 0 Å². The summed E-state index contributed by atoms with van der Waals surface area (Å²) in [6, 6.07) is 4.38. The lowest BCUT2D eigenvalue weighted by Gasteiger charge is -2.22. The van der Waals surface area contributed by atoms with E-state index in [4.69, 9.17) is 9.15 Å². The number of benzene rings is 1. The van der Waals surface area contributed by atoms with E-state index in [1.165, 1.54) is 16.5 Å². The van der Waals surface area contributed by atoms with Gasteiger partial charge >= 0.3 is 0 Å². The molecule has 3 nitrogen and oxygen atoms in total. The third kappa shape index (κ3) is 1.18. The van der Waals surface area contributed by atoms with Crippen LogP contribution < -0.4 is 10.1 Å². The Kier molecular flexibility index (Phi) is 2.14. The molecule has 0 fully saturated rings. The first-order valence-electron chi connectivity index (χ1n) is 5.59. The van der Waals surface area contributed by atoms with Crippen LogP contribution in [0.3, 0.4) is 0 Å². The highest BCUT2D eigenvalue weighted by Gasteiger charge is 2.25. The summed E-state index contributed by atoms with van der Waals surface area (Å²) in [4.78, 5) is 0. The Morgan fingerprint density at radius 1 is 1.44 bits per heavy atom. The normalized spacial score (nSPS) is 19.0. The van der Waals surface area contributed by atoms with Crippen LogP contribution >= 0.6 is 0 Å². The van der Waals surface area contributed by atoms with Crippen LogP contribution in [0.15, 0.2) is 22.8 Å². The molecule has 1 aliphatic carbocycles. The Hall–Kier alpha value is -1.48. The fraction of sp³-hybridized carbons (Fsp3) is 0.385. The second kappa shape index (κ2) is 3.52. The SMILES string of the molecule is CNC1CCc2c(OC)ccc3occ1c23. The molecule has 0 spiro atoms. The molecule has 0 amide bonds. The van der Waals surface area contributed by atoms with Gasteiger partial charge in [-0.15, -0.1) is 0 Å². The molecule has 16 heavy (non-hydrogen) atoms. The van der Waals surface area contributed by atoms with Crippen molar-refractivity contribution in [2.75, 3.05) is 14.2 Å². The minimum absolute atomic E-state index is 0.404. The van der Waals surface area contributed by atoms with Gasteiger partial charge in [0.15, 0.2) is 0 Å². The molecule has 1 aromatic heterocycles. The Morgan fingerprint density at radius 2 is 2.31 bits per heavy atom. The highest BCUT2D eigenvalue weighted by atomic mass is 16.5. The quantitative estimate of drug-likeness (QED) is 0.839. The third-order valence-corrected chi connectivity index (χ3v) is 3.46. The van der Waals surface area contributed by atoms with Crippen molar-refractivity contribution in [3.8, 4) is 5.75 Å². The van der Waals surface area contributed by atoms with Crippen LogP contribution in [-0.4, -0.2) is 14.2 Å². The summed E-state index contributed by atoms with van der Waals surface area (Å²) < 4.78 is 11.0. The van der Waals surface area contributed by atoms with Crippen LogP contribution in [0.1, 0.15) is 23.6 Å². The van der Waals surface area contributed by atoms with Crippen LogP contribution in [0.2, 0.25) is 0 Å². The fourth-order valence-corrected chi connectivity index (χ4v) is 2.65. The lowest BCUT2D eigenvalue weighted by molar-refractivity contribution is 0.407. The van der Waals surface area contributed by atoms with Gasteiger partial charge in [-0.2, -0.15) is 0 Å². The van der Waals surface area contributed by atoms with Gasteiger partial charge in [-0.3, -0.25) is 0 Å². The average molecular weight is 217 g/mol. The fourth-order valence-electron chi connectivity index (χ4n) is 2.65. The van der Waals surface area contributed by atoms with Gasteiger partial charge in [-0.1, -0.05) is 0 Å². The standard InChI is InChI=1S/C13H15NO2/c1-14-10-4-3-8-11(15-2)5-6-12-13(8)9(10)7-16-12/h5-7,10,14H,3-4H2,1-2H3. The van der Waals surface area contributed by atoms with E-state index in [1.807, 2.05) is 25.4 Å². The van der Waals surface area contributed by atoms with Crippen LogP contribution in [0.4, 0.5) is 0 Å². The molecule has 0 saturated carbocycles. The zero-order valence-electron chi connectivity index (χ0n) is 9.54. The summed E-state index contributed by atoms with van der Waals surface area (Å²) in [5.41, 5.74) is 3.51. The lowest BCUT2D eigenvalue weighted by atomic mass is 9.89. The highest BCUT2D eigenvalue weighted by molar-refractivity contribution is 5.88. The number of rotatable bonds is 2. The molecular formula is C13H15NO2. The second-order valence-corrected chi connectivity index (χ2v) is 4.19. The molecule has 3 rings (SSSR count). The maximum Gasteiger partial charge on any atom is 0.134 e. The zero-order valence-corrected chi connectivity index (χ0v) is 9.54. The Balaban J connectivity index is 2.31. The van der Waals surface area contributed by atoms with E-state index in [0.717, 1.165) is 24.2 Å². The molecule has 1 heterocycles. The number of methoxy groups -OCH3 is 1. The predicted molar refractivity (Wildman–Crippen MR) is 62.9 cm³/mol. The van der Waals surface area contributed by atoms with Crippen molar-refractivity contribution in [3.63, 3.8) is 0 Å². The monoisotopic (exact) mass is 217 g/mol. The predicted octanol–water partition coefficient (Wildman–Crippen LogP) is 2.65. The van der Waals surface area contributed by atoms with Gasteiger partial charge in [-0.25, -0.2) is 0 Å². The van der Waals surface area contributed by atoms with Crippen molar-refractivity contribution >= 4 is 11.0 Å². The Morgan fingerprint density at radius 3 is 3.06 bits per heavy atom. The van der Waals surface area contributed by atoms with Crippen LogP contribution in [0.25, 0.3) is 11.0 Å². The molecule has 0 saturated heterocycles. The topological polar surface area (TPSA) is 34.4 Å². The third-order valence-electron chi connectivity index (χ3n) is 3.46. The maximum absolute atomic E-state index is 5.60. The number of ether oxygens (including phenoxy) is 1. The summed E-state index contributed by atoms with van der Waals surface area (Å²) in [6.07, 6.45) is 4.00. The van der Waals surface area contributed by atoms with Crippen LogP contribution in [-0.2, 0) is 6.42 Å². The van der Waals surface area contributed by atoms with Gasteiger partial charge in [-0.05, 0) is 32.0 Å². The van der Waals surface area contributed by atoms with Crippen LogP contribution in [0, 0.1) is 0 Å². The molecule has 0 aliphatic heterocycles. The van der Waals surface area contributed by atoms with E-state index in [0.29, 0.717) is 6.04 Å². The first-order valence-corrected chi connectivity index (χ1v) is 5.59. The minimum atomic E-state index is 0.404. The summed E-state index contributed by atoms with van der Waals surface area (Å²) in [6.45, 7) is 0. The van der Waals surface area contributed by atoms with Gasteiger partial charge in [0.1, 0.15) is 11.3 Å². The maximum atomic E-state index is 5.60. The first kappa shape index (κ1) is 9.73. The Labute approximate surface area is 94.4 Å². The smallest absolute Gasteiger partial charge is 0.134 e. The van der Waals surface area contributed by atoms with Crippen molar-refractivity contribution in [3.05, 3.63) is 29.5 Å². The minimum Gasteiger partial charge on any atom is -0.496 e. The van der Waals surface area contributed by atoms with Crippen molar-refractivity contribution in [2.24, 2.45) is 0 Å². The number of hydrogen-bond donors (Lipinski definition) is 1. The summed E-state index contributed by atoms with van der Waals surface area (Å²) >= 11 is 0.